The first-order valence-electron chi connectivity index (χ1n) is 7.45. The number of hydrogen-bond acceptors (Lipinski definition) is 2. The van der Waals surface area contributed by atoms with Crippen molar-refractivity contribution in [3.63, 3.8) is 0 Å². The van der Waals surface area contributed by atoms with E-state index in [1.165, 1.54) is 6.07 Å². The summed E-state index contributed by atoms with van der Waals surface area (Å²) in [7, 11) is 0. The second-order valence-electron chi connectivity index (χ2n) is 5.35. The average Bonchev–Trinajstić information content (AvgIpc) is 2.57. The molecule has 0 unspecified atom stereocenters. The highest BCUT2D eigenvalue weighted by Crippen LogP contribution is 2.26. The van der Waals surface area contributed by atoms with E-state index in [1.54, 1.807) is 13.0 Å². The van der Waals surface area contributed by atoms with Crippen molar-refractivity contribution in [2.24, 2.45) is 0 Å². The second-order valence-corrected chi connectivity index (χ2v) is 5.35. The molecule has 5 heteroatoms. The highest BCUT2D eigenvalue weighted by atomic mass is 19.1. The number of benzene rings is 3. The summed E-state index contributed by atoms with van der Waals surface area (Å²) in [4.78, 5) is 12.2. The van der Waals surface area contributed by atoms with E-state index in [-0.39, 0.29) is 5.69 Å². The van der Waals surface area contributed by atoms with Crippen molar-refractivity contribution in [2.45, 2.75) is 13.0 Å². The number of ether oxygens (including phenoxy) is 1. The number of rotatable bonds is 4. The first-order valence-corrected chi connectivity index (χ1v) is 7.45. The molecule has 0 aliphatic carbocycles. The zero-order chi connectivity index (χ0) is 17.1. The maximum atomic E-state index is 13.6. The van der Waals surface area contributed by atoms with Crippen molar-refractivity contribution >= 4 is 22.4 Å². The van der Waals surface area contributed by atoms with Crippen LogP contribution in [0.5, 0.6) is 5.75 Å². The molecule has 0 spiro atoms. The number of carbonyl (C=O) groups is 1. The lowest BCUT2D eigenvalue weighted by molar-refractivity contribution is -0.122. The normalized spacial score (nSPS) is 12.0. The van der Waals surface area contributed by atoms with Crippen LogP contribution in [0.3, 0.4) is 0 Å². The van der Waals surface area contributed by atoms with E-state index in [9.17, 15) is 13.6 Å². The van der Waals surface area contributed by atoms with Crippen LogP contribution in [0.15, 0.2) is 60.7 Å². The van der Waals surface area contributed by atoms with E-state index in [1.807, 2.05) is 36.4 Å². The molecule has 1 amide bonds. The lowest BCUT2D eigenvalue weighted by atomic mass is 10.1. The summed E-state index contributed by atoms with van der Waals surface area (Å²) < 4.78 is 32.2. The van der Waals surface area contributed by atoms with Crippen molar-refractivity contribution in [3.8, 4) is 5.75 Å². The molecule has 0 aliphatic rings. The van der Waals surface area contributed by atoms with Crippen molar-refractivity contribution < 1.29 is 18.3 Å². The Morgan fingerprint density at radius 2 is 1.79 bits per heavy atom. The Labute approximate surface area is 137 Å². The van der Waals surface area contributed by atoms with E-state index in [2.05, 4.69) is 5.32 Å². The summed E-state index contributed by atoms with van der Waals surface area (Å²) in [6.07, 6.45) is -0.847. The molecule has 122 valence electrons. The Kier molecular flexibility index (Phi) is 4.42. The molecule has 3 rings (SSSR count). The lowest BCUT2D eigenvalue weighted by Gasteiger charge is -2.16. The fourth-order valence-corrected chi connectivity index (χ4v) is 2.37. The van der Waals surface area contributed by atoms with Crippen LogP contribution in [0, 0.1) is 11.6 Å². The Morgan fingerprint density at radius 1 is 1.04 bits per heavy atom. The first kappa shape index (κ1) is 15.9. The molecule has 0 heterocycles. The number of anilines is 1. The third kappa shape index (κ3) is 3.35. The van der Waals surface area contributed by atoms with Crippen LogP contribution >= 0.6 is 0 Å². The highest BCUT2D eigenvalue weighted by molar-refractivity contribution is 5.95. The Balaban J connectivity index is 1.76. The van der Waals surface area contributed by atoms with Gasteiger partial charge in [0.1, 0.15) is 17.4 Å². The standard InChI is InChI=1S/C19H15F2NO2/c1-12(19(23)22-17-10-9-14(20)11-16(17)21)24-18-8-4-6-13-5-2-3-7-15(13)18/h2-12H,1H3,(H,22,23)/t12-/m1/s1. The molecule has 1 N–H and O–H groups in total. The number of fused-ring (bicyclic) bond motifs is 1. The van der Waals surface area contributed by atoms with Gasteiger partial charge in [-0.3, -0.25) is 4.79 Å². The molecular formula is C19H15F2NO2. The van der Waals surface area contributed by atoms with Gasteiger partial charge >= 0.3 is 0 Å². The minimum atomic E-state index is -0.847. The van der Waals surface area contributed by atoms with Crippen LogP contribution in [0.25, 0.3) is 10.8 Å². The first-order chi connectivity index (χ1) is 11.5. The molecule has 0 fully saturated rings. The van der Waals surface area contributed by atoms with Gasteiger partial charge in [0.15, 0.2) is 6.10 Å². The van der Waals surface area contributed by atoms with Crippen LogP contribution in [0.4, 0.5) is 14.5 Å². The van der Waals surface area contributed by atoms with Crippen LogP contribution in [0.1, 0.15) is 6.92 Å². The number of nitrogens with one attached hydrogen (secondary N) is 1. The average molecular weight is 327 g/mol. The van der Waals surface area contributed by atoms with Crippen LogP contribution in [0.2, 0.25) is 0 Å². The SMILES string of the molecule is C[C@@H](Oc1cccc2ccccc12)C(=O)Nc1ccc(F)cc1F. The topological polar surface area (TPSA) is 38.3 Å². The van der Waals surface area contributed by atoms with Gasteiger partial charge in [0.25, 0.3) is 5.91 Å². The third-order valence-electron chi connectivity index (χ3n) is 3.61. The number of halogens is 2. The van der Waals surface area contributed by atoms with Gasteiger partial charge in [0, 0.05) is 11.5 Å². The van der Waals surface area contributed by atoms with Gasteiger partial charge in [-0.05, 0) is 30.5 Å². The fourth-order valence-electron chi connectivity index (χ4n) is 2.37. The Hall–Kier alpha value is -2.95. The molecule has 3 nitrogen and oxygen atoms in total. The summed E-state index contributed by atoms with van der Waals surface area (Å²) in [6, 6.07) is 16.2. The third-order valence-corrected chi connectivity index (χ3v) is 3.61. The van der Waals surface area contributed by atoms with Gasteiger partial charge in [-0.25, -0.2) is 8.78 Å². The van der Waals surface area contributed by atoms with Gasteiger partial charge in [-0.1, -0.05) is 36.4 Å². The maximum absolute atomic E-state index is 13.6. The predicted molar refractivity (Wildman–Crippen MR) is 89.0 cm³/mol. The molecule has 0 saturated carbocycles. The predicted octanol–water partition coefficient (Wildman–Crippen LogP) is 4.52. The molecule has 3 aromatic rings. The van der Waals surface area contributed by atoms with Crippen molar-refractivity contribution in [2.75, 3.05) is 5.32 Å². The smallest absolute Gasteiger partial charge is 0.265 e. The van der Waals surface area contributed by atoms with Gasteiger partial charge < -0.3 is 10.1 Å². The summed E-state index contributed by atoms with van der Waals surface area (Å²) in [6.45, 7) is 1.57. The monoisotopic (exact) mass is 327 g/mol. The highest BCUT2D eigenvalue weighted by Gasteiger charge is 2.17. The maximum Gasteiger partial charge on any atom is 0.265 e. The molecule has 3 aromatic carbocycles. The molecule has 0 radical (unpaired) electrons. The summed E-state index contributed by atoms with van der Waals surface area (Å²) in [5.74, 6) is -1.49. The van der Waals surface area contributed by atoms with Crippen LogP contribution in [-0.2, 0) is 4.79 Å². The largest absolute Gasteiger partial charge is 0.480 e. The van der Waals surface area contributed by atoms with Crippen molar-refractivity contribution in [1.82, 2.24) is 0 Å². The molecule has 0 saturated heterocycles. The molecule has 1 atom stereocenters. The minimum Gasteiger partial charge on any atom is -0.480 e. The molecular weight excluding hydrogens is 312 g/mol. The van der Waals surface area contributed by atoms with Gasteiger partial charge in [-0.15, -0.1) is 0 Å². The second kappa shape index (κ2) is 6.66. The fraction of sp³-hybridized carbons (Fsp3) is 0.105. The zero-order valence-electron chi connectivity index (χ0n) is 12.9. The lowest BCUT2D eigenvalue weighted by Crippen LogP contribution is -2.30. The van der Waals surface area contributed by atoms with E-state index in [0.29, 0.717) is 11.8 Å². The van der Waals surface area contributed by atoms with E-state index in [4.69, 9.17) is 4.74 Å². The van der Waals surface area contributed by atoms with Crippen molar-refractivity contribution in [3.05, 3.63) is 72.3 Å². The van der Waals surface area contributed by atoms with Crippen molar-refractivity contribution in [1.29, 1.82) is 0 Å². The van der Waals surface area contributed by atoms with Crippen LogP contribution < -0.4 is 10.1 Å². The molecule has 0 aliphatic heterocycles. The number of amides is 1. The Morgan fingerprint density at radius 3 is 2.58 bits per heavy atom. The Bertz CT molecular complexity index is 890. The van der Waals surface area contributed by atoms with E-state index < -0.39 is 23.6 Å². The molecule has 24 heavy (non-hydrogen) atoms. The number of hydrogen-bond donors (Lipinski definition) is 1. The molecule has 0 aromatic heterocycles. The van der Waals surface area contributed by atoms with Gasteiger partial charge in [0.05, 0.1) is 5.69 Å². The quantitative estimate of drug-likeness (QED) is 0.765. The van der Waals surface area contributed by atoms with E-state index in [0.717, 1.165) is 16.8 Å². The minimum absolute atomic E-state index is 0.0882. The summed E-state index contributed by atoms with van der Waals surface area (Å²) >= 11 is 0. The van der Waals surface area contributed by atoms with Crippen LogP contribution in [-0.4, -0.2) is 12.0 Å². The van der Waals surface area contributed by atoms with Gasteiger partial charge in [-0.2, -0.15) is 0 Å². The van der Waals surface area contributed by atoms with E-state index >= 15 is 0 Å². The zero-order valence-corrected chi connectivity index (χ0v) is 12.9. The number of carbonyl (C=O) groups excluding carboxylic acids is 1. The summed E-state index contributed by atoms with van der Waals surface area (Å²) in [5, 5.41) is 4.27. The molecule has 0 bridgehead atoms. The summed E-state index contributed by atoms with van der Waals surface area (Å²) in [5.41, 5.74) is -0.0882. The van der Waals surface area contributed by atoms with Gasteiger partial charge in [0.2, 0.25) is 0 Å².